The van der Waals surface area contributed by atoms with Crippen molar-refractivity contribution in [3.63, 3.8) is 0 Å². The third-order valence-corrected chi connectivity index (χ3v) is 3.64. The Kier molecular flexibility index (Phi) is 4.63. The molecule has 0 fully saturated rings. The molecule has 1 atom stereocenters. The van der Waals surface area contributed by atoms with E-state index in [-0.39, 0.29) is 17.1 Å². The van der Waals surface area contributed by atoms with Crippen LogP contribution in [0.5, 0.6) is 5.75 Å². The Labute approximate surface area is 112 Å². The molecular weight excluding hydrogens is 252 g/mol. The summed E-state index contributed by atoms with van der Waals surface area (Å²) >= 11 is 5.89. The van der Waals surface area contributed by atoms with Gasteiger partial charge in [-0.1, -0.05) is 44.5 Å². The van der Waals surface area contributed by atoms with Crippen LogP contribution in [0.3, 0.4) is 0 Å². The van der Waals surface area contributed by atoms with Gasteiger partial charge in [-0.25, -0.2) is 0 Å². The lowest BCUT2D eigenvalue weighted by atomic mass is 9.78. The Morgan fingerprint density at radius 3 is 2.61 bits per heavy atom. The highest BCUT2D eigenvalue weighted by Crippen LogP contribution is 2.38. The number of aromatic hydroxyl groups is 1. The number of phenolic OH excluding ortho intramolecular Hbond substituents is 1. The molecule has 100 valence electrons. The number of benzene rings is 1. The number of halogens is 1. The lowest BCUT2D eigenvalue weighted by molar-refractivity contribution is -0.141. The molecule has 0 spiro atoms. The van der Waals surface area contributed by atoms with Crippen LogP contribution < -0.4 is 0 Å². The van der Waals surface area contributed by atoms with Crippen molar-refractivity contribution in [2.24, 2.45) is 5.92 Å². The number of hydrogen-bond donors (Lipinski definition) is 2. The first-order valence-electron chi connectivity index (χ1n) is 5.96. The average molecular weight is 271 g/mol. The van der Waals surface area contributed by atoms with Crippen molar-refractivity contribution in [3.05, 3.63) is 28.8 Å². The molecule has 0 bridgehead atoms. The van der Waals surface area contributed by atoms with Crippen molar-refractivity contribution in [3.8, 4) is 5.75 Å². The van der Waals surface area contributed by atoms with Crippen molar-refractivity contribution >= 4 is 17.6 Å². The quantitative estimate of drug-likeness (QED) is 0.855. The zero-order chi connectivity index (χ0) is 13.9. The van der Waals surface area contributed by atoms with Crippen LogP contribution in [0, 0.1) is 5.92 Å². The van der Waals surface area contributed by atoms with Gasteiger partial charge in [0, 0.05) is 5.56 Å². The van der Waals surface area contributed by atoms with Crippen LogP contribution in [0.15, 0.2) is 18.2 Å². The molecule has 0 saturated heterocycles. The molecule has 0 aliphatic carbocycles. The summed E-state index contributed by atoms with van der Waals surface area (Å²) in [7, 11) is 0. The van der Waals surface area contributed by atoms with Crippen LogP contribution in [0.1, 0.15) is 39.2 Å². The second kappa shape index (κ2) is 5.61. The third-order valence-electron chi connectivity index (χ3n) is 3.34. The van der Waals surface area contributed by atoms with Crippen molar-refractivity contribution in [2.75, 3.05) is 0 Å². The molecule has 1 rings (SSSR count). The minimum Gasteiger partial charge on any atom is -0.506 e. The molecule has 4 heteroatoms. The fourth-order valence-electron chi connectivity index (χ4n) is 1.90. The first-order chi connectivity index (χ1) is 8.25. The van der Waals surface area contributed by atoms with Crippen LogP contribution >= 0.6 is 11.6 Å². The largest absolute Gasteiger partial charge is 0.506 e. The molecule has 0 aromatic heterocycles. The van der Waals surface area contributed by atoms with Crippen LogP contribution in [0.2, 0.25) is 5.02 Å². The number of phenols is 1. The van der Waals surface area contributed by atoms with Crippen LogP contribution in [-0.2, 0) is 10.2 Å². The summed E-state index contributed by atoms with van der Waals surface area (Å²) in [5.74, 6) is -1.08. The Morgan fingerprint density at radius 2 is 2.06 bits per heavy atom. The molecule has 0 heterocycles. The van der Waals surface area contributed by atoms with Gasteiger partial charge in [-0.15, -0.1) is 0 Å². The van der Waals surface area contributed by atoms with Crippen LogP contribution in [-0.4, -0.2) is 16.2 Å². The van der Waals surface area contributed by atoms with Crippen LogP contribution in [0.4, 0.5) is 0 Å². The number of rotatable bonds is 5. The Balaban J connectivity index is 2.86. The maximum Gasteiger partial charge on any atom is 0.306 e. The molecule has 1 unspecified atom stereocenters. The van der Waals surface area contributed by atoms with Gasteiger partial charge in [0.25, 0.3) is 0 Å². The summed E-state index contributed by atoms with van der Waals surface area (Å²) in [6.45, 7) is 5.65. The highest BCUT2D eigenvalue weighted by molar-refractivity contribution is 6.32. The predicted octanol–water partition coefficient (Wildman–Crippen LogP) is 3.82. The predicted molar refractivity (Wildman–Crippen MR) is 72.2 cm³/mol. The molecule has 18 heavy (non-hydrogen) atoms. The van der Waals surface area contributed by atoms with Gasteiger partial charge in [-0.2, -0.15) is 0 Å². The first kappa shape index (κ1) is 14.8. The van der Waals surface area contributed by atoms with Gasteiger partial charge in [0.1, 0.15) is 5.75 Å². The number of carbonyl (C=O) groups is 1. The maximum atomic E-state index is 10.8. The SMILES string of the molecule is CC(CCC(C)(C)c1cccc(Cl)c1O)C(=O)O. The zero-order valence-electron chi connectivity index (χ0n) is 10.9. The smallest absolute Gasteiger partial charge is 0.306 e. The van der Waals surface area contributed by atoms with Gasteiger partial charge >= 0.3 is 5.97 Å². The van der Waals surface area contributed by atoms with E-state index in [0.717, 1.165) is 5.56 Å². The maximum absolute atomic E-state index is 10.8. The lowest BCUT2D eigenvalue weighted by Crippen LogP contribution is -2.20. The minimum atomic E-state index is -0.791. The molecule has 3 nitrogen and oxygen atoms in total. The molecule has 2 N–H and O–H groups in total. The summed E-state index contributed by atoms with van der Waals surface area (Å²) in [6.07, 6.45) is 1.24. The number of aliphatic carboxylic acids is 1. The van der Waals surface area contributed by atoms with Gasteiger partial charge in [0.15, 0.2) is 0 Å². The van der Waals surface area contributed by atoms with Crippen molar-refractivity contribution in [2.45, 2.75) is 39.0 Å². The fraction of sp³-hybridized carbons (Fsp3) is 0.500. The van der Waals surface area contributed by atoms with Crippen molar-refractivity contribution in [1.29, 1.82) is 0 Å². The topological polar surface area (TPSA) is 57.5 Å². The standard InChI is InChI=1S/C14H19ClO3/c1-9(13(17)18)7-8-14(2,3)10-5-4-6-11(15)12(10)16/h4-6,9,16H,7-8H2,1-3H3,(H,17,18). The molecule has 1 aromatic rings. The van der Waals surface area contributed by atoms with E-state index in [1.165, 1.54) is 0 Å². The Morgan fingerprint density at radius 1 is 1.44 bits per heavy atom. The van der Waals surface area contributed by atoms with E-state index in [1.54, 1.807) is 19.1 Å². The third kappa shape index (κ3) is 3.39. The normalized spacial score (nSPS) is 13.3. The zero-order valence-corrected chi connectivity index (χ0v) is 11.7. The second-order valence-corrected chi connectivity index (χ2v) is 5.71. The van der Waals surface area contributed by atoms with E-state index in [9.17, 15) is 9.90 Å². The molecule has 0 aliphatic heterocycles. The number of carboxylic acids is 1. The molecule has 0 radical (unpaired) electrons. The summed E-state index contributed by atoms with van der Waals surface area (Å²) in [6, 6.07) is 5.25. The van der Waals surface area contributed by atoms with Crippen molar-refractivity contribution in [1.82, 2.24) is 0 Å². The highest BCUT2D eigenvalue weighted by Gasteiger charge is 2.26. The van der Waals surface area contributed by atoms with E-state index >= 15 is 0 Å². The molecule has 1 aromatic carbocycles. The van der Waals surface area contributed by atoms with Gasteiger partial charge in [0.2, 0.25) is 0 Å². The molecule has 0 saturated carbocycles. The highest BCUT2D eigenvalue weighted by atomic mass is 35.5. The lowest BCUT2D eigenvalue weighted by Gasteiger charge is -2.27. The molecule has 0 amide bonds. The number of hydrogen-bond acceptors (Lipinski definition) is 2. The number of carboxylic acid groups (broad SMARTS) is 1. The van der Waals surface area contributed by atoms with E-state index < -0.39 is 5.97 Å². The monoisotopic (exact) mass is 270 g/mol. The van der Waals surface area contributed by atoms with E-state index in [0.29, 0.717) is 17.9 Å². The van der Waals surface area contributed by atoms with Crippen molar-refractivity contribution < 1.29 is 15.0 Å². The van der Waals surface area contributed by atoms with E-state index in [1.807, 2.05) is 19.9 Å². The minimum absolute atomic E-state index is 0.0899. The van der Waals surface area contributed by atoms with E-state index in [4.69, 9.17) is 16.7 Å². The summed E-state index contributed by atoms with van der Waals surface area (Å²) in [5, 5.41) is 19.2. The second-order valence-electron chi connectivity index (χ2n) is 5.30. The molecule has 0 aliphatic rings. The van der Waals surface area contributed by atoms with Gasteiger partial charge in [-0.3, -0.25) is 4.79 Å². The Bertz CT molecular complexity index is 441. The van der Waals surface area contributed by atoms with Gasteiger partial charge in [0.05, 0.1) is 10.9 Å². The Hall–Kier alpha value is -1.22. The first-order valence-corrected chi connectivity index (χ1v) is 6.34. The van der Waals surface area contributed by atoms with Gasteiger partial charge in [-0.05, 0) is 24.3 Å². The average Bonchev–Trinajstić information content (AvgIpc) is 2.29. The molecular formula is C14H19ClO3. The summed E-state index contributed by atoms with van der Waals surface area (Å²) in [5.41, 5.74) is 0.450. The van der Waals surface area contributed by atoms with Crippen LogP contribution in [0.25, 0.3) is 0 Å². The van der Waals surface area contributed by atoms with E-state index in [2.05, 4.69) is 0 Å². The van der Waals surface area contributed by atoms with Gasteiger partial charge < -0.3 is 10.2 Å². The fourth-order valence-corrected chi connectivity index (χ4v) is 2.07. The number of para-hydroxylation sites is 1. The summed E-state index contributed by atoms with van der Waals surface area (Å²) < 4.78 is 0. The summed E-state index contributed by atoms with van der Waals surface area (Å²) in [4.78, 5) is 10.8.